The quantitative estimate of drug-likeness (QED) is 0.302. The molecule has 0 saturated heterocycles. The molecule has 2 aliphatic carbocycles. The van der Waals surface area contributed by atoms with Crippen LogP contribution >= 0.6 is 0 Å². The molecule has 4 heterocycles. The van der Waals surface area contributed by atoms with E-state index in [9.17, 15) is 9.18 Å². The number of benzene rings is 1. The smallest absolute Gasteiger partial charge is 0.272 e. The van der Waals surface area contributed by atoms with E-state index in [0.717, 1.165) is 47.7 Å². The van der Waals surface area contributed by atoms with Crippen LogP contribution < -0.4 is 15.8 Å². The number of nitrogens with zero attached hydrogens (tertiary/aromatic N) is 6. The van der Waals surface area contributed by atoms with Gasteiger partial charge in [-0.3, -0.25) is 14.8 Å². The number of carbonyl (C=O) groups is 1. The van der Waals surface area contributed by atoms with Gasteiger partial charge in [0, 0.05) is 33.8 Å². The second kappa shape index (κ2) is 9.23. The van der Waals surface area contributed by atoms with Crippen LogP contribution in [0.3, 0.4) is 0 Å². The van der Waals surface area contributed by atoms with E-state index in [0.29, 0.717) is 29.0 Å². The number of alkyl halides is 1. The Morgan fingerprint density at radius 3 is 2.78 bits per heavy atom. The number of ether oxygens (including phenoxy) is 1. The van der Waals surface area contributed by atoms with Crippen LogP contribution in [-0.2, 0) is 5.54 Å². The Morgan fingerprint density at radius 1 is 1.15 bits per heavy atom. The summed E-state index contributed by atoms with van der Waals surface area (Å²) in [5, 5.41) is 4.87. The molecule has 204 valence electrons. The maximum absolute atomic E-state index is 13.2. The summed E-state index contributed by atoms with van der Waals surface area (Å²) in [6.45, 7) is -1.06. The van der Waals surface area contributed by atoms with Gasteiger partial charge in [-0.25, -0.2) is 19.3 Å². The van der Waals surface area contributed by atoms with Crippen LogP contribution in [0.4, 0.5) is 10.2 Å². The molecule has 5 aromatic rings. The summed E-state index contributed by atoms with van der Waals surface area (Å²) in [4.78, 5) is 34.9. The molecule has 2 saturated carbocycles. The van der Waals surface area contributed by atoms with E-state index in [1.54, 1.807) is 0 Å². The summed E-state index contributed by atoms with van der Waals surface area (Å²) in [5.74, 6) is 2.85. The number of fused-ring (bicyclic) bond motifs is 4. The van der Waals surface area contributed by atoms with Crippen LogP contribution in [-0.4, -0.2) is 47.8 Å². The van der Waals surface area contributed by atoms with E-state index >= 15 is 0 Å². The molecule has 0 radical (unpaired) electrons. The predicted molar refractivity (Wildman–Crippen MR) is 151 cm³/mol. The van der Waals surface area contributed by atoms with E-state index in [2.05, 4.69) is 46.8 Å². The van der Waals surface area contributed by atoms with Crippen LogP contribution in [0.2, 0.25) is 0 Å². The van der Waals surface area contributed by atoms with Gasteiger partial charge < -0.3 is 20.4 Å². The monoisotopic (exact) mass is 548 g/mol. The fraction of sp³-hybridized carbons (Fsp3) is 0.267. The number of para-hydroxylation sites is 1. The van der Waals surface area contributed by atoms with Gasteiger partial charge in [0.1, 0.15) is 29.2 Å². The van der Waals surface area contributed by atoms with Crippen LogP contribution in [0.1, 0.15) is 48.3 Å². The molecule has 4 aromatic heterocycles. The molecule has 41 heavy (non-hydrogen) atoms. The van der Waals surface area contributed by atoms with Crippen LogP contribution in [0.5, 0.6) is 5.88 Å². The fourth-order valence-electron chi connectivity index (χ4n) is 6.76. The Bertz CT molecular complexity index is 1890. The number of hydrogen-bond acceptors (Lipinski definition) is 8. The SMILES string of the molecule is C#Cc1c(-c2cnc3ccccc3c2)c2c(N)ncnc2n1C12CCC(NC(=O)c3cncc(OCF)n3)(CC1)C2. The van der Waals surface area contributed by atoms with Gasteiger partial charge in [0.05, 0.1) is 23.3 Å². The zero-order valence-corrected chi connectivity index (χ0v) is 22.0. The maximum atomic E-state index is 13.2. The topological polar surface area (TPSA) is 134 Å². The lowest BCUT2D eigenvalue weighted by molar-refractivity contribution is 0.0892. The van der Waals surface area contributed by atoms with Gasteiger partial charge in [-0.2, -0.15) is 0 Å². The van der Waals surface area contributed by atoms with Gasteiger partial charge in [0.15, 0.2) is 0 Å². The van der Waals surface area contributed by atoms with Gasteiger partial charge in [-0.1, -0.05) is 24.1 Å². The first-order valence-corrected chi connectivity index (χ1v) is 13.3. The predicted octanol–water partition coefficient (Wildman–Crippen LogP) is 4.15. The lowest BCUT2D eigenvalue weighted by Gasteiger charge is -2.30. The van der Waals surface area contributed by atoms with Crippen LogP contribution in [0.15, 0.2) is 55.2 Å². The molecule has 1 amide bonds. The summed E-state index contributed by atoms with van der Waals surface area (Å²) in [6, 6.07) is 9.94. The first kappa shape index (κ1) is 24.9. The first-order chi connectivity index (χ1) is 20.0. The molecule has 0 unspecified atom stereocenters. The molecule has 2 bridgehead atoms. The number of aromatic nitrogens is 6. The van der Waals surface area contributed by atoms with Crippen molar-refractivity contribution in [2.75, 3.05) is 12.6 Å². The average molecular weight is 549 g/mol. The van der Waals surface area contributed by atoms with Crippen molar-refractivity contribution in [2.45, 2.75) is 43.2 Å². The lowest BCUT2D eigenvalue weighted by atomic mass is 9.90. The highest BCUT2D eigenvalue weighted by atomic mass is 19.1. The van der Waals surface area contributed by atoms with Crippen molar-refractivity contribution in [3.63, 3.8) is 0 Å². The number of hydrogen-bond donors (Lipinski definition) is 2. The molecule has 7 rings (SSSR count). The van der Waals surface area contributed by atoms with Crippen molar-refractivity contribution in [1.82, 2.24) is 34.8 Å². The largest absolute Gasteiger partial charge is 0.445 e. The van der Waals surface area contributed by atoms with E-state index in [1.807, 2.05) is 30.5 Å². The van der Waals surface area contributed by atoms with Crippen LogP contribution in [0, 0.1) is 12.3 Å². The molecule has 0 atom stereocenters. The second-order valence-corrected chi connectivity index (χ2v) is 10.7. The normalized spacial score (nSPS) is 21.3. The van der Waals surface area contributed by atoms with Crippen molar-refractivity contribution in [3.8, 4) is 29.4 Å². The highest BCUT2D eigenvalue weighted by Gasteiger charge is 2.57. The van der Waals surface area contributed by atoms with Crippen LogP contribution in [0.25, 0.3) is 33.1 Å². The molecular formula is C30H25FN8O2. The van der Waals surface area contributed by atoms with E-state index in [-0.39, 0.29) is 23.0 Å². The number of nitrogens with two attached hydrogens (primary N) is 1. The standard InChI is InChI=1S/C30H25FN8O2/c1-2-22-24(19-11-18-5-3-4-6-20(18)34-12-19)25-26(32)35-17-36-27(25)39(22)30-9-7-29(15-30,8-10-30)38-28(40)21-13-33-14-23(37-21)41-16-31/h1,3-6,11-14,17H,7-10,15-16H2,(H,38,40)(H2,32,35,36). The number of rotatable bonds is 6. The lowest BCUT2D eigenvalue weighted by Crippen LogP contribution is -2.45. The zero-order chi connectivity index (χ0) is 28.2. The first-order valence-electron chi connectivity index (χ1n) is 13.3. The Labute approximate surface area is 234 Å². The summed E-state index contributed by atoms with van der Waals surface area (Å²) in [6.07, 6.45) is 15.8. The fourth-order valence-corrected chi connectivity index (χ4v) is 6.76. The number of terminal acetylenes is 1. The molecule has 10 nitrogen and oxygen atoms in total. The maximum Gasteiger partial charge on any atom is 0.272 e. The van der Waals surface area contributed by atoms with Gasteiger partial charge in [-0.05, 0) is 44.2 Å². The Hall–Kier alpha value is -5.11. The Morgan fingerprint density at radius 2 is 1.98 bits per heavy atom. The second-order valence-electron chi connectivity index (χ2n) is 10.7. The van der Waals surface area contributed by atoms with Crippen molar-refractivity contribution in [2.24, 2.45) is 0 Å². The number of carbonyl (C=O) groups excluding carboxylic acids is 1. The van der Waals surface area contributed by atoms with E-state index in [4.69, 9.17) is 16.9 Å². The number of amides is 1. The van der Waals surface area contributed by atoms with Gasteiger partial charge in [0.25, 0.3) is 5.91 Å². The van der Waals surface area contributed by atoms with Crippen molar-refractivity contribution in [3.05, 3.63) is 66.6 Å². The molecular weight excluding hydrogens is 523 g/mol. The molecule has 1 aromatic carbocycles. The van der Waals surface area contributed by atoms with Gasteiger partial charge >= 0.3 is 0 Å². The Kier molecular flexibility index (Phi) is 5.61. The minimum atomic E-state index is -1.06. The number of halogens is 1. The molecule has 3 N–H and O–H groups in total. The summed E-state index contributed by atoms with van der Waals surface area (Å²) in [7, 11) is 0. The van der Waals surface area contributed by atoms with Gasteiger partial charge in [-0.15, -0.1) is 6.42 Å². The average Bonchev–Trinajstić information content (AvgIpc) is 3.66. The molecule has 0 spiro atoms. The summed E-state index contributed by atoms with van der Waals surface area (Å²) >= 11 is 0. The highest BCUT2D eigenvalue weighted by Crippen LogP contribution is 2.57. The summed E-state index contributed by atoms with van der Waals surface area (Å²) < 4.78 is 19.5. The molecule has 0 aliphatic heterocycles. The molecule has 11 heteroatoms. The third-order valence-electron chi connectivity index (χ3n) is 8.50. The van der Waals surface area contributed by atoms with Gasteiger partial charge in [0.2, 0.25) is 12.7 Å². The van der Waals surface area contributed by atoms with Crippen molar-refractivity contribution in [1.29, 1.82) is 0 Å². The Balaban J connectivity index is 1.31. The van der Waals surface area contributed by atoms with E-state index in [1.165, 1.54) is 18.7 Å². The number of anilines is 1. The number of nitrogens with one attached hydrogen (secondary N) is 1. The van der Waals surface area contributed by atoms with E-state index < -0.39 is 12.4 Å². The summed E-state index contributed by atoms with van der Waals surface area (Å²) in [5.41, 5.74) is 9.50. The van der Waals surface area contributed by atoms with Crippen molar-refractivity contribution < 1.29 is 13.9 Å². The zero-order valence-electron chi connectivity index (χ0n) is 22.0. The number of nitrogen functional groups attached to an aromatic ring is 1. The number of pyridine rings is 1. The minimum absolute atomic E-state index is 0.0460. The minimum Gasteiger partial charge on any atom is -0.445 e. The highest BCUT2D eigenvalue weighted by molar-refractivity contribution is 6.04. The molecule has 2 aliphatic rings. The van der Waals surface area contributed by atoms with Crippen molar-refractivity contribution >= 4 is 33.7 Å². The third kappa shape index (κ3) is 3.86. The molecule has 2 fully saturated rings. The third-order valence-corrected chi connectivity index (χ3v) is 8.50.